The molecule has 1 amide bonds. The Kier molecular flexibility index (Phi) is 5.49. The molecular weight excluding hydrogens is 334 g/mol. The van der Waals surface area contributed by atoms with Crippen molar-refractivity contribution in [3.8, 4) is 0 Å². The van der Waals surface area contributed by atoms with E-state index in [2.05, 4.69) is 37.2 Å². The second-order valence-electron chi connectivity index (χ2n) is 3.63. The molecule has 0 aliphatic carbocycles. The summed E-state index contributed by atoms with van der Waals surface area (Å²) in [5, 5.41) is 2.92. The number of halogens is 2. The van der Waals surface area contributed by atoms with Gasteiger partial charge in [0.05, 0.1) is 0 Å². The Bertz CT molecular complexity index is 375. The van der Waals surface area contributed by atoms with Crippen LogP contribution in [-0.4, -0.2) is 5.91 Å². The zero-order chi connectivity index (χ0) is 12.1. The number of anilines is 1. The molecule has 0 aliphatic rings. The highest BCUT2D eigenvalue weighted by Gasteiger charge is 2.14. The van der Waals surface area contributed by atoms with Crippen molar-refractivity contribution in [1.29, 1.82) is 0 Å². The van der Waals surface area contributed by atoms with Gasteiger partial charge in [-0.1, -0.05) is 13.8 Å². The quantitative estimate of drug-likeness (QED) is 0.847. The number of rotatable bonds is 4. The first kappa shape index (κ1) is 13.7. The average Bonchev–Trinajstić information content (AvgIpc) is 2.25. The van der Waals surface area contributed by atoms with Crippen LogP contribution in [0.4, 0.5) is 5.69 Å². The molecule has 0 fully saturated rings. The van der Waals surface area contributed by atoms with E-state index in [0.717, 1.165) is 27.5 Å². The molecule has 88 valence electrons. The molecule has 0 radical (unpaired) electrons. The molecule has 0 bridgehead atoms. The number of hydrogen-bond acceptors (Lipinski definition) is 1. The van der Waals surface area contributed by atoms with Gasteiger partial charge in [0.1, 0.15) is 0 Å². The summed E-state index contributed by atoms with van der Waals surface area (Å²) in [5.74, 6) is 0.196. The van der Waals surface area contributed by atoms with E-state index in [0.29, 0.717) is 0 Å². The van der Waals surface area contributed by atoms with Crippen LogP contribution >= 0.6 is 31.9 Å². The summed E-state index contributed by atoms with van der Waals surface area (Å²) in [7, 11) is 0. The van der Waals surface area contributed by atoms with Crippen LogP contribution in [0.15, 0.2) is 27.1 Å². The van der Waals surface area contributed by atoms with Gasteiger partial charge in [-0.15, -0.1) is 0 Å². The molecule has 1 rings (SSSR count). The van der Waals surface area contributed by atoms with Gasteiger partial charge in [-0.05, 0) is 62.9 Å². The summed E-state index contributed by atoms with van der Waals surface area (Å²) >= 11 is 6.80. The first-order valence-corrected chi connectivity index (χ1v) is 6.93. The number of benzene rings is 1. The Balaban J connectivity index is 2.73. The molecule has 1 N–H and O–H groups in total. The average molecular weight is 349 g/mol. The van der Waals surface area contributed by atoms with Crippen molar-refractivity contribution in [2.24, 2.45) is 5.92 Å². The maximum absolute atomic E-state index is 11.8. The lowest BCUT2D eigenvalue weighted by Crippen LogP contribution is -2.21. The number of amides is 1. The Labute approximate surface area is 113 Å². The Morgan fingerprint density at radius 2 is 1.88 bits per heavy atom. The molecule has 0 saturated heterocycles. The summed E-state index contributed by atoms with van der Waals surface area (Å²) in [6.07, 6.45) is 1.75. The molecule has 0 aliphatic heterocycles. The predicted octanol–water partition coefficient (Wildman–Crippen LogP) is 4.59. The van der Waals surface area contributed by atoms with Crippen molar-refractivity contribution in [1.82, 2.24) is 0 Å². The van der Waals surface area contributed by atoms with Crippen molar-refractivity contribution >= 4 is 43.5 Å². The van der Waals surface area contributed by atoms with Gasteiger partial charge >= 0.3 is 0 Å². The van der Waals surface area contributed by atoms with Crippen molar-refractivity contribution in [2.45, 2.75) is 26.7 Å². The van der Waals surface area contributed by atoms with E-state index in [9.17, 15) is 4.79 Å². The summed E-state index contributed by atoms with van der Waals surface area (Å²) in [4.78, 5) is 11.8. The fourth-order valence-electron chi connectivity index (χ4n) is 1.48. The van der Waals surface area contributed by atoms with Crippen molar-refractivity contribution in [3.63, 3.8) is 0 Å². The SMILES string of the molecule is CCC(CC)C(=O)Nc1ccc(Br)c(Br)c1. The monoisotopic (exact) mass is 347 g/mol. The third kappa shape index (κ3) is 3.59. The van der Waals surface area contributed by atoms with Gasteiger partial charge in [0.2, 0.25) is 5.91 Å². The first-order chi connectivity index (χ1) is 7.58. The molecule has 0 spiro atoms. The molecule has 0 saturated carbocycles. The van der Waals surface area contributed by atoms with E-state index in [1.165, 1.54) is 0 Å². The highest BCUT2D eigenvalue weighted by molar-refractivity contribution is 9.13. The number of nitrogens with one attached hydrogen (secondary N) is 1. The molecule has 1 aromatic rings. The van der Waals surface area contributed by atoms with Gasteiger partial charge < -0.3 is 5.32 Å². The molecule has 0 unspecified atom stereocenters. The predicted molar refractivity (Wildman–Crippen MR) is 74.5 cm³/mol. The summed E-state index contributed by atoms with van der Waals surface area (Å²) in [6, 6.07) is 5.69. The standard InChI is InChI=1S/C12H15Br2NO/c1-3-8(4-2)12(16)15-9-5-6-10(13)11(14)7-9/h5-8H,3-4H2,1-2H3,(H,15,16). The summed E-state index contributed by atoms with van der Waals surface area (Å²) in [6.45, 7) is 4.07. The highest BCUT2D eigenvalue weighted by Crippen LogP contribution is 2.26. The van der Waals surface area contributed by atoms with Gasteiger partial charge in [-0.25, -0.2) is 0 Å². The second-order valence-corrected chi connectivity index (χ2v) is 5.34. The second kappa shape index (κ2) is 6.40. The smallest absolute Gasteiger partial charge is 0.227 e. The van der Waals surface area contributed by atoms with Gasteiger partial charge in [0.25, 0.3) is 0 Å². The van der Waals surface area contributed by atoms with Gasteiger partial charge in [-0.2, -0.15) is 0 Å². The van der Waals surface area contributed by atoms with Crippen LogP contribution in [0.1, 0.15) is 26.7 Å². The maximum atomic E-state index is 11.8. The molecule has 0 atom stereocenters. The molecule has 1 aromatic carbocycles. The van der Waals surface area contributed by atoms with E-state index < -0.39 is 0 Å². The minimum atomic E-state index is 0.0965. The minimum absolute atomic E-state index is 0.0965. The van der Waals surface area contributed by atoms with Crippen LogP contribution < -0.4 is 5.32 Å². The van der Waals surface area contributed by atoms with Crippen LogP contribution in [0.2, 0.25) is 0 Å². The fraction of sp³-hybridized carbons (Fsp3) is 0.417. The van der Waals surface area contributed by atoms with Crippen molar-refractivity contribution < 1.29 is 4.79 Å². The van der Waals surface area contributed by atoms with Crippen LogP contribution in [0.25, 0.3) is 0 Å². The Morgan fingerprint density at radius 3 is 2.38 bits per heavy atom. The summed E-state index contributed by atoms with van der Waals surface area (Å²) in [5.41, 5.74) is 0.826. The molecular formula is C12H15Br2NO. The lowest BCUT2D eigenvalue weighted by molar-refractivity contribution is -0.120. The third-order valence-corrected chi connectivity index (χ3v) is 4.42. The zero-order valence-corrected chi connectivity index (χ0v) is 12.6. The van der Waals surface area contributed by atoms with Crippen LogP contribution in [0.5, 0.6) is 0 Å². The Morgan fingerprint density at radius 1 is 1.25 bits per heavy atom. The fourth-order valence-corrected chi connectivity index (χ4v) is 2.10. The molecule has 0 heterocycles. The number of carbonyl (C=O) groups excluding carboxylic acids is 1. The van der Waals surface area contributed by atoms with Crippen LogP contribution in [0, 0.1) is 5.92 Å². The largest absolute Gasteiger partial charge is 0.326 e. The first-order valence-electron chi connectivity index (χ1n) is 5.34. The molecule has 2 nitrogen and oxygen atoms in total. The molecule has 0 aromatic heterocycles. The highest BCUT2D eigenvalue weighted by atomic mass is 79.9. The lowest BCUT2D eigenvalue weighted by Gasteiger charge is -2.13. The normalized spacial score (nSPS) is 10.6. The Hall–Kier alpha value is -0.350. The van der Waals surface area contributed by atoms with E-state index in [-0.39, 0.29) is 11.8 Å². The van der Waals surface area contributed by atoms with Crippen LogP contribution in [-0.2, 0) is 4.79 Å². The van der Waals surface area contributed by atoms with E-state index >= 15 is 0 Å². The van der Waals surface area contributed by atoms with Crippen molar-refractivity contribution in [3.05, 3.63) is 27.1 Å². The van der Waals surface area contributed by atoms with E-state index in [1.807, 2.05) is 32.0 Å². The van der Waals surface area contributed by atoms with Gasteiger partial charge in [-0.3, -0.25) is 4.79 Å². The number of carbonyl (C=O) groups is 1. The van der Waals surface area contributed by atoms with Gasteiger partial charge in [0, 0.05) is 20.6 Å². The van der Waals surface area contributed by atoms with E-state index in [4.69, 9.17) is 0 Å². The number of hydrogen-bond donors (Lipinski definition) is 1. The van der Waals surface area contributed by atoms with Gasteiger partial charge in [0.15, 0.2) is 0 Å². The maximum Gasteiger partial charge on any atom is 0.227 e. The van der Waals surface area contributed by atoms with E-state index in [1.54, 1.807) is 0 Å². The van der Waals surface area contributed by atoms with Crippen LogP contribution in [0.3, 0.4) is 0 Å². The lowest BCUT2D eigenvalue weighted by atomic mass is 10.0. The minimum Gasteiger partial charge on any atom is -0.326 e. The van der Waals surface area contributed by atoms with Crippen molar-refractivity contribution in [2.75, 3.05) is 5.32 Å². The third-order valence-electron chi connectivity index (χ3n) is 2.54. The molecule has 16 heavy (non-hydrogen) atoms. The molecule has 4 heteroatoms. The summed E-state index contributed by atoms with van der Waals surface area (Å²) < 4.78 is 1.92. The topological polar surface area (TPSA) is 29.1 Å². The zero-order valence-electron chi connectivity index (χ0n) is 9.39.